The Hall–Kier alpha value is -2.09. The van der Waals surface area contributed by atoms with Gasteiger partial charge in [0, 0.05) is 0 Å². The smallest absolute Gasteiger partial charge is 0.335 e. The summed E-state index contributed by atoms with van der Waals surface area (Å²) in [4.78, 5) is 32.7. The molecule has 0 bridgehead atoms. The quantitative estimate of drug-likeness (QED) is 0.764. The molecule has 1 rings (SSSR count). The minimum Gasteiger partial charge on any atom is -0.480 e. The highest BCUT2D eigenvalue weighted by atomic mass is 79.9. The van der Waals surface area contributed by atoms with Crippen LogP contribution < -0.4 is 15.8 Å². The van der Waals surface area contributed by atoms with Gasteiger partial charge in [0.1, 0.15) is 5.75 Å². The molecule has 19 heavy (non-hydrogen) atoms. The monoisotopic (exact) mass is 330 g/mol. The molecule has 0 spiro atoms. The lowest BCUT2D eigenvalue weighted by Gasteiger charge is -2.14. The largest absolute Gasteiger partial charge is 0.480 e. The summed E-state index contributed by atoms with van der Waals surface area (Å²) in [5, 5.41) is 10.7. The van der Waals surface area contributed by atoms with E-state index in [1.54, 1.807) is 0 Å². The number of urea groups is 1. The predicted molar refractivity (Wildman–Crippen MR) is 68.9 cm³/mol. The topological polar surface area (TPSA) is 119 Å². The van der Waals surface area contributed by atoms with Crippen LogP contribution in [-0.2, 0) is 4.79 Å². The highest BCUT2D eigenvalue weighted by molar-refractivity contribution is 9.10. The summed E-state index contributed by atoms with van der Waals surface area (Å²) >= 11 is 3.13. The lowest BCUT2D eigenvalue weighted by molar-refractivity contribution is -0.126. The first kappa shape index (κ1) is 15.0. The second-order valence-corrected chi connectivity index (χ2v) is 4.42. The molecule has 1 aromatic rings. The number of amides is 3. The van der Waals surface area contributed by atoms with Crippen molar-refractivity contribution in [3.05, 3.63) is 28.2 Å². The number of imide groups is 1. The fraction of sp³-hybridized carbons (Fsp3) is 0.182. The van der Waals surface area contributed by atoms with E-state index >= 15 is 0 Å². The van der Waals surface area contributed by atoms with E-state index in [0.717, 1.165) is 0 Å². The van der Waals surface area contributed by atoms with Crippen LogP contribution in [0.1, 0.15) is 17.3 Å². The molecular formula is C11H11BrN2O5. The molecular weight excluding hydrogens is 320 g/mol. The number of aromatic carboxylic acids is 1. The van der Waals surface area contributed by atoms with Gasteiger partial charge in [0.2, 0.25) is 0 Å². The van der Waals surface area contributed by atoms with E-state index in [1.807, 2.05) is 5.32 Å². The molecule has 0 aliphatic rings. The fourth-order valence-corrected chi connectivity index (χ4v) is 1.67. The second kappa shape index (κ2) is 6.19. The van der Waals surface area contributed by atoms with Gasteiger partial charge < -0.3 is 15.6 Å². The number of hydrogen-bond acceptors (Lipinski definition) is 4. The van der Waals surface area contributed by atoms with Gasteiger partial charge in [-0.05, 0) is 41.1 Å². The molecule has 0 saturated heterocycles. The Balaban J connectivity index is 2.80. The van der Waals surface area contributed by atoms with Crippen molar-refractivity contribution < 1.29 is 24.2 Å². The van der Waals surface area contributed by atoms with Gasteiger partial charge in [0.25, 0.3) is 5.91 Å². The summed E-state index contributed by atoms with van der Waals surface area (Å²) in [6, 6.07) is 3.11. The third-order valence-corrected chi connectivity index (χ3v) is 2.72. The predicted octanol–water partition coefficient (Wildman–Crippen LogP) is 1.11. The Bertz CT molecular complexity index is 532. The highest BCUT2D eigenvalue weighted by Gasteiger charge is 2.17. The first-order valence-electron chi connectivity index (χ1n) is 5.11. The third kappa shape index (κ3) is 4.25. The molecule has 0 aromatic heterocycles. The van der Waals surface area contributed by atoms with E-state index in [9.17, 15) is 14.4 Å². The number of ether oxygens (including phenoxy) is 1. The van der Waals surface area contributed by atoms with Crippen LogP contribution in [0.25, 0.3) is 0 Å². The van der Waals surface area contributed by atoms with Gasteiger partial charge in [0.15, 0.2) is 6.10 Å². The second-order valence-electron chi connectivity index (χ2n) is 3.56. The zero-order chi connectivity index (χ0) is 14.6. The Kier molecular flexibility index (Phi) is 4.87. The number of hydrogen-bond donors (Lipinski definition) is 3. The molecule has 0 radical (unpaired) electrons. The summed E-state index contributed by atoms with van der Waals surface area (Å²) in [6.07, 6.45) is -0.959. The molecule has 102 valence electrons. The van der Waals surface area contributed by atoms with Crippen molar-refractivity contribution in [1.82, 2.24) is 5.32 Å². The average Bonchev–Trinajstić information content (AvgIpc) is 2.30. The molecule has 8 heteroatoms. The van der Waals surface area contributed by atoms with Crippen LogP contribution in [0.3, 0.4) is 0 Å². The van der Waals surface area contributed by atoms with Crippen LogP contribution in [0.15, 0.2) is 22.7 Å². The van der Waals surface area contributed by atoms with Crippen LogP contribution in [-0.4, -0.2) is 29.1 Å². The first-order chi connectivity index (χ1) is 8.81. The summed E-state index contributed by atoms with van der Waals surface area (Å²) in [7, 11) is 0. The van der Waals surface area contributed by atoms with E-state index in [4.69, 9.17) is 15.6 Å². The Morgan fingerprint density at radius 1 is 1.42 bits per heavy atom. The fourth-order valence-electron chi connectivity index (χ4n) is 1.20. The van der Waals surface area contributed by atoms with Crippen LogP contribution >= 0.6 is 15.9 Å². The minimum atomic E-state index is -1.08. The van der Waals surface area contributed by atoms with Gasteiger partial charge in [-0.25, -0.2) is 9.59 Å². The van der Waals surface area contributed by atoms with E-state index < -0.39 is 24.0 Å². The lowest BCUT2D eigenvalue weighted by Crippen LogP contribution is -2.42. The van der Waals surface area contributed by atoms with E-state index in [1.165, 1.54) is 25.1 Å². The Morgan fingerprint density at radius 2 is 2.05 bits per heavy atom. The first-order valence-corrected chi connectivity index (χ1v) is 5.90. The van der Waals surface area contributed by atoms with Crippen molar-refractivity contribution in [1.29, 1.82) is 0 Å². The van der Waals surface area contributed by atoms with E-state index in [-0.39, 0.29) is 11.3 Å². The summed E-state index contributed by atoms with van der Waals surface area (Å²) in [5.74, 6) is -1.49. The number of primary amides is 1. The molecule has 0 aliphatic heterocycles. The molecule has 1 unspecified atom stereocenters. The van der Waals surface area contributed by atoms with Crippen LogP contribution in [0.5, 0.6) is 5.75 Å². The van der Waals surface area contributed by atoms with Gasteiger partial charge in [-0.3, -0.25) is 10.1 Å². The number of nitrogens with one attached hydrogen (secondary N) is 1. The van der Waals surface area contributed by atoms with Gasteiger partial charge in [-0.2, -0.15) is 0 Å². The number of benzene rings is 1. The Labute approximate surface area is 116 Å². The number of carboxylic acid groups (broad SMARTS) is 1. The van der Waals surface area contributed by atoms with Crippen molar-refractivity contribution in [2.75, 3.05) is 0 Å². The van der Waals surface area contributed by atoms with Crippen LogP contribution in [0, 0.1) is 0 Å². The number of rotatable bonds is 4. The molecule has 0 heterocycles. The molecule has 0 saturated carbocycles. The summed E-state index contributed by atoms with van der Waals surface area (Å²) in [5.41, 5.74) is 4.88. The third-order valence-electron chi connectivity index (χ3n) is 2.10. The SMILES string of the molecule is CC(Oc1ccc(C(=O)O)cc1Br)C(=O)NC(N)=O. The standard InChI is InChI=1S/C11H11BrN2O5/c1-5(9(15)14-11(13)18)19-8-3-2-6(10(16)17)4-7(8)12/h2-5H,1H3,(H,16,17)(H3,13,14,15,18). The number of nitrogens with two attached hydrogens (primary N) is 1. The van der Waals surface area contributed by atoms with Gasteiger partial charge in [-0.15, -0.1) is 0 Å². The van der Waals surface area contributed by atoms with Crippen LogP contribution in [0.2, 0.25) is 0 Å². The molecule has 7 nitrogen and oxygen atoms in total. The molecule has 1 aromatic carbocycles. The number of carbonyl (C=O) groups is 3. The van der Waals surface area contributed by atoms with Crippen molar-refractivity contribution in [2.24, 2.45) is 5.73 Å². The minimum absolute atomic E-state index is 0.0773. The molecule has 3 amide bonds. The summed E-state index contributed by atoms with van der Waals surface area (Å²) < 4.78 is 5.66. The van der Waals surface area contributed by atoms with Crippen molar-refractivity contribution in [2.45, 2.75) is 13.0 Å². The molecule has 0 aliphatic carbocycles. The van der Waals surface area contributed by atoms with E-state index in [0.29, 0.717) is 4.47 Å². The zero-order valence-electron chi connectivity index (χ0n) is 9.84. The van der Waals surface area contributed by atoms with Crippen LogP contribution in [0.4, 0.5) is 4.79 Å². The normalized spacial score (nSPS) is 11.5. The maximum absolute atomic E-state index is 11.4. The average molecular weight is 331 g/mol. The number of halogens is 1. The number of carbonyl (C=O) groups excluding carboxylic acids is 2. The summed E-state index contributed by atoms with van der Waals surface area (Å²) in [6.45, 7) is 1.43. The zero-order valence-corrected chi connectivity index (χ0v) is 11.4. The molecule has 0 fully saturated rings. The van der Waals surface area contributed by atoms with Gasteiger partial charge in [-0.1, -0.05) is 0 Å². The lowest BCUT2D eigenvalue weighted by atomic mass is 10.2. The Morgan fingerprint density at radius 3 is 2.53 bits per heavy atom. The number of carboxylic acids is 1. The molecule has 4 N–H and O–H groups in total. The maximum atomic E-state index is 11.4. The van der Waals surface area contributed by atoms with Crippen molar-refractivity contribution in [3.63, 3.8) is 0 Å². The van der Waals surface area contributed by atoms with Crippen molar-refractivity contribution >= 4 is 33.8 Å². The molecule has 1 atom stereocenters. The van der Waals surface area contributed by atoms with Gasteiger partial charge >= 0.3 is 12.0 Å². The highest BCUT2D eigenvalue weighted by Crippen LogP contribution is 2.27. The van der Waals surface area contributed by atoms with Gasteiger partial charge in [0.05, 0.1) is 10.0 Å². The van der Waals surface area contributed by atoms with Crippen molar-refractivity contribution in [3.8, 4) is 5.75 Å². The van der Waals surface area contributed by atoms with E-state index in [2.05, 4.69) is 15.9 Å². The maximum Gasteiger partial charge on any atom is 0.335 e.